The molecule has 0 saturated carbocycles. The number of aryl methyl sites for hydroxylation is 1. The first-order chi connectivity index (χ1) is 9.56. The number of nitrogens with zero attached hydrogens (tertiary/aromatic N) is 1. The van der Waals surface area contributed by atoms with Crippen LogP contribution in [-0.4, -0.2) is 37.2 Å². The summed E-state index contributed by atoms with van der Waals surface area (Å²) in [6.07, 6.45) is 1.17. The van der Waals surface area contributed by atoms with E-state index >= 15 is 0 Å². The highest BCUT2D eigenvalue weighted by molar-refractivity contribution is 8.00. The molecule has 0 amide bonds. The summed E-state index contributed by atoms with van der Waals surface area (Å²) in [5.41, 5.74) is 8.96. The Labute approximate surface area is 124 Å². The number of ether oxygens (including phenoxy) is 1. The van der Waals surface area contributed by atoms with Crippen molar-refractivity contribution in [2.75, 3.05) is 36.6 Å². The molecule has 0 aromatic heterocycles. The number of anilines is 2. The summed E-state index contributed by atoms with van der Waals surface area (Å²) in [6, 6.07) is 3.92. The van der Waals surface area contributed by atoms with Gasteiger partial charge in [0, 0.05) is 35.5 Å². The predicted molar refractivity (Wildman–Crippen MR) is 85.7 cm³/mol. The van der Waals surface area contributed by atoms with Crippen LogP contribution in [0.15, 0.2) is 12.1 Å². The van der Waals surface area contributed by atoms with Crippen LogP contribution in [0, 0.1) is 6.92 Å². The number of carbonyl (C=O) groups is 1. The first-order valence-corrected chi connectivity index (χ1v) is 7.96. The Balaban J connectivity index is 2.32. The van der Waals surface area contributed by atoms with E-state index in [4.69, 9.17) is 10.5 Å². The SMILES string of the molecule is CCC1CN(c2cc(C)c(N)c(C(=O)OC)c2)CCS1. The average Bonchev–Trinajstić information content (AvgIpc) is 2.49. The third kappa shape index (κ3) is 3.03. The van der Waals surface area contributed by atoms with Crippen LogP contribution >= 0.6 is 11.8 Å². The second-order valence-corrected chi connectivity index (χ2v) is 6.47. The van der Waals surface area contributed by atoms with E-state index in [2.05, 4.69) is 17.9 Å². The fraction of sp³-hybridized carbons (Fsp3) is 0.533. The van der Waals surface area contributed by atoms with E-state index in [1.807, 2.05) is 24.8 Å². The molecule has 4 nitrogen and oxygen atoms in total. The number of thioether (sulfide) groups is 1. The lowest BCUT2D eigenvalue weighted by molar-refractivity contribution is 0.0602. The normalized spacial score (nSPS) is 18.9. The van der Waals surface area contributed by atoms with E-state index in [1.165, 1.54) is 13.5 Å². The van der Waals surface area contributed by atoms with Crippen molar-refractivity contribution < 1.29 is 9.53 Å². The van der Waals surface area contributed by atoms with Gasteiger partial charge in [-0.15, -0.1) is 0 Å². The number of esters is 1. The Hall–Kier alpha value is -1.36. The van der Waals surface area contributed by atoms with E-state index in [-0.39, 0.29) is 5.97 Å². The number of nitrogens with two attached hydrogens (primary N) is 1. The molecule has 1 saturated heterocycles. The molecule has 1 aromatic rings. The quantitative estimate of drug-likeness (QED) is 0.686. The number of hydrogen-bond acceptors (Lipinski definition) is 5. The zero-order valence-corrected chi connectivity index (χ0v) is 13.1. The van der Waals surface area contributed by atoms with Crippen molar-refractivity contribution >= 4 is 29.1 Å². The van der Waals surface area contributed by atoms with Gasteiger partial charge in [0.2, 0.25) is 0 Å². The number of rotatable bonds is 3. The summed E-state index contributed by atoms with van der Waals surface area (Å²) >= 11 is 2.03. The van der Waals surface area contributed by atoms with Crippen molar-refractivity contribution in [1.82, 2.24) is 0 Å². The van der Waals surface area contributed by atoms with Crippen molar-refractivity contribution in [1.29, 1.82) is 0 Å². The third-order valence-corrected chi connectivity index (χ3v) is 5.11. The molecular formula is C15H22N2O2S. The first-order valence-electron chi connectivity index (χ1n) is 6.91. The molecule has 110 valence electrons. The van der Waals surface area contributed by atoms with Gasteiger partial charge in [0.25, 0.3) is 0 Å². The Morgan fingerprint density at radius 2 is 2.30 bits per heavy atom. The highest BCUT2D eigenvalue weighted by Gasteiger charge is 2.21. The summed E-state index contributed by atoms with van der Waals surface area (Å²) in [4.78, 5) is 14.2. The van der Waals surface area contributed by atoms with Gasteiger partial charge in [0.05, 0.1) is 12.7 Å². The van der Waals surface area contributed by atoms with Gasteiger partial charge in [-0.3, -0.25) is 0 Å². The Bertz CT molecular complexity index is 505. The average molecular weight is 294 g/mol. The summed E-state index contributed by atoms with van der Waals surface area (Å²) in [7, 11) is 1.38. The number of benzene rings is 1. The molecule has 0 radical (unpaired) electrons. The van der Waals surface area contributed by atoms with Crippen LogP contribution < -0.4 is 10.6 Å². The van der Waals surface area contributed by atoms with Crippen LogP contribution in [-0.2, 0) is 4.74 Å². The van der Waals surface area contributed by atoms with Crippen molar-refractivity contribution in [3.63, 3.8) is 0 Å². The lowest BCUT2D eigenvalue weighted by Gasteiger charge is -2.34. The number of methoxy groups -OCH3 is 1. The van der Waals surface area contributed by atoms with Gasteiger partial charge in [0.1, 0.15) is 0 Å². The molecule has 1 aliphatic heterocycles. The highest BCUT2D eigenvalue weighted by atomic mass is 32.2. The Kier molecular flexibility index (Phi) is 4.81. The smallest absolute Gasteiger partial charge is 0.340 e. The van der Waals surface area contributed by atoms with Gasteiger partial charge >= 0.3 is 5.97 Å². The largest absolute Gasteiger partial charge is 0.465 e. The molecule has 1 heterocycles. The van der Waals surface area contributed by atoms with E-state index in [0.29, 0.717) is 16.5 Å². The Morgan fingerprint density at radius 3 is 2.95 bits per heavy atom. The number of carbonyl (C=O) groups excluding carboxylic acids is 1. The van der Waals surface area contributed by atoms with E-state index < -0.39 is 0 Å². The van der Waals surface area contributed by atoms with Crippen molar-refractivity contribution in [2.24, 2.45) is 0 Å². The molecule has 0 spiro atoms. The third-order valence-electron chi connectivity index (χ3n) is 3.74. The molecule has 20 heavy (non-hydrogen) atoms. The summed E-state index contributed by atoms with van der Waals surface area (Å²) in [6.45, 7) is 6.17. The zero-order chi connectivity index (χ0) is 14.7. The van der Waals surface area contributed by atoms with Gasteiger partial charge in [0.15, 0.2) is 0 Å². The first kappa shape index (κ1) is 15.0. The molecule has 0 bridgehead atoms. The molecule has 1 aliphatic rings. The molecule has 2 N–H and O–H groups in total. The summed E-state index contributed by atoms with van der Waals surface area (Å²) in [5.74, 6) is 0.751. The zero-order valence-electron chi connectivity index (χ0n) is 12.3. The molecule has 0 aliphatic carbocycles. The maximum Gasteiger partial charge on any atom is 0.340 e. The minimum absolute atomic E-state index is 0.370. The van der Waals surface area contributed by atoms with Gasteiger partial charge < -0.3 is 15.4 Å². The lowest BCUT2D eigenvalue weighted by Crippen LogP contribution is -2.37. The molecule has 2 rings (SSSR count). The van der Waals surface area contributed by atoms with E-state index in [1.54, 1.807) is 0 Å². The van der Waals surface area contributed by atoms with Crippen LogP contribution in [0.2, 0.25) is 0 Å². The van der Waals surface area contributed by atoms with Crippen LogP contribution in [0.4, 0.5) is 11.4 Å². The van der Waals surface area contributed by atoms with Crippen molar-refractivity contribution in [3.05, 3.63) is 23.3 Å². The van der Waals surface area contributed by atoms with Gasteiger partial charge in [-0.05, 0) is 31.0 Å². The monoisotopic (exact) mass is 294 g/mol. The lowest BCUT2D eigenvalue weighted by atomic mass is 10.1. The fourth-order valence-corrected chi connectivity index (χ4v) is 3.62. The standard InChI is InChI=1S/C15H22N2O2S/c1-4-12-9-17(5-6-20-12)11-7-10(2)14(16)13(8-11)15(18)19-3/h7-8,12H,4-6,9,16H2,1-3H3. The van der Waals surface area contributed by atoms with E-state index in [0.717, 1.165) is 30.1 Å². The topological polar surface area (TPSA) is 55.6 Å². The minimum atomic E-state index is -0.370. The summed E-state index contributed by atoms with van der Waals surface area (Å²) < 4.78 is 4.82. The Morgan fingerprint density at radius 1 is 1.55 bits per heavy atom. The van der Waals surface area contributed by atoms with E-state index in [9.17, 15) is 4.79 Å². The second-order valence-electron chi connectivity index (χ2n) is 5.06. The highest BCUT2D eigenvalue weighted by Crippen LogP contribution is 2.30. The predicted octanol–water partition coefficient (Wildman–Crippen LogP) is 2.70. The number of nitrogen functional groups attached to an aromatic ring is 1. The molecule has 1 fully saturated rings. The van der Waals surface area contributed by atoms with Crippen molar-refractivity contribution in [2.45, 2.75) is 25.5 Å². The maximum absolute atomic E-state index is 11.8. The fourth-order valence-electron chi connectivity index (χ4n) is 2.44. The van der Waals surface area contributed by atoms with Gasteiger partial charge in [-0.1, -0.05) is 6.92 Å². The van der Waals surface area contributed by atoms with Gasteiger partial charge in [-0.25, -0.2) is 4.79 Å². The van der Waals surface area contributed by atoms with Crippen molar-refractivity contribution in [3.8, 4) is 0 Å². The maximum atomic E-state index is 11.8. The minimum Gasteiger partial charge on any atom is -0.465 e. The van der Waals surface area contributed by atoms with Crippen LogP contribution in [0.5, 0.6) is 0 Å². The molecule has 1 atom stereocenters. The second kappa shape index (κ2) is 6.39. The summed E-state index contributed by atoms with van der Waals surface area (Å²) in [5, 5.41) is 0.656. The molecular weight excluding hydrogens is 272 g/mol. The number of hydrogen-bond donors (Lipinski definition) is 1. The molecule has 1 aromatic carbocycles. The van der Waals surface area contributed by atoms with Crippen LogP contribution in [0.3, 0.4) is 0 Å². The van der Waals surface area contributed by atoms with Crippen LogP contribution in [0.1, 0.15) is 29.3 Å². The molecule has 5 heteroatoms. The van der Waals surface area contributed by atoms with Crippen LogP contribution in [0.25, 0.3) is 0 Å². The molecule has 1 unspecified atom stereocenters. The van der Waals surface area contributed by atoms with Gasteiger partial charge in [-0.2, -0.15) is 11.8 Å².